The monoisotopic (exact) mass is 265 g/mol. The molecule has 0 spiro atoms. The molecular weight excluding hydrogens is 246 g/mol. The van der Waals surface area contributed by atoms with E-state index in [1.54, 1.807) is 0 Å². The molecule has 0 fully saturated rings. The number of rotatable bonds is 4. The number of benzene rings is 1. The maximum Gasteiger partial charge on any atom is 0.426 e. The molecule has 1 rings (SSSR count). The molecule has 1 unspecified atom stereocenters. The largest absolute Gasteiger partial charge is 0.443 e. The fraction of sp³-hybridized carbons (Fsp3) is 0.385. The van der Waals surface area contributed by atoms with E-state index in [-0.39, 0.29) is 12.5 Å². The van der Waals surface area contributed by atoms with Gasteiger partial charge < -0.3 is 10.5 Å². The molecule has 104 valence electrons. The van der Waals surface area contributed by atoms with Crippen LogP contribution in [0.1, 0.15) is 19.4 Å². The number of hydrogen-bond donors (Lipinski definition) is 3. The van der Waals surface area contributed by atoms with E-state index in [2.05, 4.69) is 10.9 Å². The number of nitrogens with two attached hydrogens (primary N) is 1. The van der Waals surface area contributed by atoms with E-state index in [9.17, 15) is 9.59 Å². The lowest BCUT2D eigenvalue weighted by Gasteiger charge is -2.15. The van der Waals surface area contributed by atoms with E-state index in [1.807, 2.05) is 44.2 Å². The first-order chi connectivity index (χ1) is 9.00. The van der Waals surface area contributed by atoms with Gasteiger partial charge in [0.25, 0.3) is 5.91 Å². The second kappa shape index (κ2) is 7.38. The molecule has 0 radical (unpaired) electrons. The van der Waals surface area contributed by atoms with Crippen molar-refractivity contribution in [1.29, 1.82) is 0 Å². The van der Waals surface area contributed by atoms with Gasteiger partial charge in [-0.25, -0.2) is 10.2 Å². The number of hydrazine groups is 1. The lowest BCUT2D eigenvalue weighted by Crippen LogP contribution is -2.51. The van der Waals surface area contributed by atoms with Crippen molar-refractivity contribution in [1.82, 2.24) is 10.9 Å². The van der Waals surface area contributed by atoms with Crippen molar-refractivity contribution in [3.63, 3.8) is 0 Å². The summed E-state index contributed by atoms with van der Waals surface area (Å²) in [4.78, 5) is 22.8. The third-order valence-electron chi connectivity index (χ3n) is 2.52. The second-order valence-corrected chi connectivity index (χ2v) is 4.45. The zero-order valence-electron chi connectivity index (χ0n) is 11.1. The lowest BCUT2D eigenvalue weighted by atomic mass is 10.1. The topological polar surface area (TPSA) is 93.5 Å². The molecular formula is C13H19N3O3. The lowest BCUT2D eigenvalue weighted by molar-refractivity contribution is -0.124. The van der Waals surface area contributed by atoms with Crippen molar-refractivity contribution in [3.05, 3.63) is 35.9 Å². The average Bonchev–Trinajstić information content (AvgIpc) is 2.42. The number of carbonyl (C=O) groups excluding carboxylic acids is 2. The van der Waals surface area contributed by atoms with E-state index in [0.29, 0.717) is 0 Å². The van der Waals surface area contributed by atoms with Crippen LogP contribution >= 0.6 is 0 Å². The first-order valence-electron chi connectivity index (χ1n) is 6.03. The molecule has 1 aromatic rings. The Labute approximate surface area is 112 Å². The van der Waals surface area contributed by atoms with E-state index in [0.717, 1.165) is 5.56 Å². The predicted molar refractivity (Wildman–Crippen MR) is 70.7 cm³/mol. The summed E-state index contributed by atoms with van der Waals surface area (Å²) in [6.07, 6.45) is -0.729. The summed E-state index contributed by atoms with van der Waals surface area (Å²) < 4.78 is 4.91. The maximum absolute atomic E-state index is 11.5. The third kappa shape index (κ3) is 5.39. The molecule has 0 saturated carbocycles. The van der Waals surface area contributed by atoms with Crippen molar-refractivity contribution in [3.8, 4) is 0 Å². The first-order valence-corrected chi connectivity index (χ1v) is 6.03. The highest BCUT2D eigenvalue weighted by Crippen LogP contribution is 2.00. The number of amides is 2. The van der Waals surface area contributed by atoms with Gasteiger partial charge in [-0.05, 0) is 11.5 Å². The van der Waals surface area contributed by atoms with Crippen LogP contribution in [0.2, 0.25) is 0 Å². The molecule has 0 aliphatic carbocycles. The summed E-state index contributed by atoms with van der Waals surface area (Å²) in [6, 6.07) is 8.56. The van der Waals surface area contributed by atoms with Gasteiger partial charge in [0.1, 0.15) is 6.61 Å². The van der Waals surface area contributed by atoms with Crippen LogP contribution in [-0.4, -0.2) is 18.0 Å². The minimum atomic E-state index is -0.729. The van der Waals surface area contributed by atoms with Crippen molar-refractivity contribution in [2.45, 2.75) is 26.5 Å². The first kappa shape index (κ1) is 15.0. The summed E-state index contributed by atoms with van der Waals surface area (Å²) in [5.74, 6) is -0.464. The van der Waals surface area contributed by atoms with Gasteiger partial charge in [-0.15, -0.1) is 0 Å². The average molecular weight is 265 g/mol. The Morgan fingerprint density at radius 3 is 2.42 bits per heavy atom. The number of nitrogens with one attached hydrogen (secondary N) is 2. The molecule has 4 N–H and O–H groups in total. The Kier molecular flexibility index (Phi) is 5.81. The molecule has 0 saturated heterocycles. The second-order valence-electron chi connectivity index (χ2n) is 4.45. The van der Waals surface area contributed by atoms with Gasteiger partial charge in [0.2, 0.25) is 0 Å². The summed E-state index contributed by atoms with van der Waals surface area (Å²) >= 11 is 0. The Morgan fingerprint density at radius 2 is 1.84 bits per heavy atom. The molecule has 0 aliphatic heterocycles. The van der Waals surface area contributed by atoms with Crippen molar-refractivity contribution < 1.29 is 14.3 Å². The fourth-order valence-corrected chi connectivity index (χ4v) is 1.26. The highest BCUT2D eigenvalue weighted by Gasteiger charge is 2.17. The smallest absolute Gasteiger partial charge is 0.426 e. The quantitative estimate of drug-likeness (QED) is 0.706. The molecule has 2 amide bonds. The van der Waals surface area contributed by atoms with Gasteiger partial charge in [0.05, 0.1) is 6.04 Å². The van der Waals surface area contributed by atoms with Crippen LogP contribution in [0.5, 0.6) is 0 Å². The highest BCUT2D eigenvalue weighted by atomic mass is 16.6. The molecule has 0 bridgehead atoms. The summed E-state index contributed by atoms with van der Waals surface area (Å²) in [6.45, 7) is 3.77. The fourth-order valence-electron chi connectivity index (χ4n) is 1.26. The molecule has 19 heavy (non-hydrogen) atoms. The van der Waals surface area contributed by atoms with Gasteiger partial charge in [-0.2, -0.15) is 0 Å². The third-order valence-corrected chi connectivity index (χ3v) is 2.52. The molecule has 0 aliphatic rings. The van der Waals surface area contributed by atoms with Crippen molar-refractivity contribution >= 4 is 12.0 Å². The standard InChI is InChI=1S/C13H19N3O3/c1-9(2)11(14)12(17)15-16-13(18)19-8-10-6-4-3-5-7-10/h3-7,9,11H,8,14H2,1-2H3,(H,15,17)(H,16,18). The van der Waals surface area contributed by atoms with Crippen LogP contribution in [0.3, 0.4) is 0 Å². The van der Waals surface area contributed by atoms with Crippen LogP contribution in [0.15, 0.2) is 30.3 Å². The summed E-state index contributed by atoms with van der Waals surface area (Å²) in [5, 5.41) is 0. The van der Waals surface area contributed by atoms with E-state index >= 15 is 0 Å². The molecule has 6 heteroatoms. The van der Waals surface area contributed by atoms with E-state index in [4.69, 9.17) is 10.5 Å². The van der Waals surface area contributed by atoms with Crippen LogP contribution < -0.4 is 16.6 Å². The minimum absolute atomic E-state index is 0.0119. The zero-order valence-corrected chi connectivity index (χ0v) is 11.1. The van der Waals surface area contributed by atoms with Gasteiger partial charge in [0.15, 0.2) is 0 Å². The molecule has 1 aromatic carbocycles. The molecule has 0 heterocycles. The van der Waals surface area contributed by atoms with Gasteiger partial charge in [0, 0.05) is 0 Å². The highest BCUT2D eigenvalue weighted by molar-refractivity contribution is 5.83. The van der Waals surface area contributed by atoms with Crippen molar-refractivity contribution in [2.75, 3.05) is 0 Å². The Morgan fingerprint density at radius 1 is 1.21 bits per heavy atom. The Balaban J connectivity index is 2.27. The zero-order chi connectivity index (χ0) is 14.3. The van der Waals surface area contributed by atoms with Gasteiger partial charge >= 0.3 is 6.09 Å². The van der Waals surface area contributed by atoms with Crippen LogP contribution in [0.4, 0.5) is 4.79 Å². The summed E-state index contributed by atoms with van der Waals surface area (Å²) in [7, 11) is 0. The molecule has 1 atom stereocenters. The molecule has 0 aromatic heterocycles. The summed E-state index contributed by atoms with van der Waals surface area (Å²) in [5.41, 5.74) is 10.8. The SMILES string of the molecule is CC(C)C(N)C(=O)NNC(=O)OCc1ccccc1. The van der Waals surface area contributed by atoms with E-state index < -0.39 is 18.0 Å². The number of ether oxygens (including phenoxy) is 1. The minimum Gasteiger partial charge on any atom is -0.443 e. The Bertz CT molecular complexity index is 420. The Hall–Kier alpha value is -2.08. The predicted octanol–water partition coefficient (Wildman–Crippen LogP) is 0.927. The van der Waals surface area contributed by atoms with Gasteiger partial charge in [-0.3, -0.25) is 10.2 Å². The number of hydrogen-bond acceptors (Lipinski definition) is 4. The van der Waals surface area contributed by atoms with E-state index in [1.165, 1.54) is 0 Å². The van der Waals surface area contributed by atoms with Gasteiger partial charge in [-0.1, -0.05) is 44.2 Å². The molecule has 6 nitrogen and oxygen atoms in total. The maximum atomic E-state index is 11.5. The van der Waals surface area contributed by atoms with Crippen LogP contribution in [0.25, 0.3) is 0 Å². The van der Waals surface area contributed by atoms with Crippen molar-refractivity contribution in [2.24, 2.45) is 11.7 Å². The number of carbonyl (C=O) groups is 2. The normalized spacial score (nSPS) is 11.8. The van der Waals surface area contributed by atoms with Crippen LogP contribution in [0, 0.1) is 5.92 Å². The van der Waals surface area contributed by atoms with Crippen LogP contribution in [-0.2, 0) is 16.1 Å².